The van der Waals surface area contributed by atoms with Gasteiger partial charge in [0.1, 0.15) is 18.6 Å². The molecule has 0 bridgehead atoms. The number of halogens is 1. The van der Waals surface area contributed by atoms with Crippen molar-refractivity contribution in [2.24, 2.45) is 5.73 Å². The van der Waals surface area contributed by atoms with Crippen LogP contribution in [0.1, 0.15) is 12.8 Å². The van der Waals surface area contributed by atoms with Gasteiger partial charge in [-0.2, -0.15) is 12.6 Å². The molecule has 0 aliphatic rings. The lowest BCUT2D eigenvalue weighted by Gasteiger charge is -2.16. The molecule has 0 aromatic heterocycles. The number of rotatable bonds is 9. The zero-order valence-corrected chi connectivity index (χ0v) is 11.8. The van der Waals surface area contributed by atoms with E-state index >= 15 is 0 Å². The Labute approximate surface area is 124 Å². The average molecular weight is 325 g/mol. The summed E-state index contributed by atoms with van der Waals surface area (Å²) in [5, 5.41) is 12.9. The smallest absolute Gasteiger partial charge is 0.367 e. The van der Waals surface area contributed by atoms with Gasteiger partial charge in [-0.1, -0.05) is 0 Å². The Hall–Kier alpha value is -1.88. The van der Waals surface area contributed by atoms with Crippen LogP contribution in [0.3, 0.4) is 0 Å². The summed E-state index contributed by atoms with van der Waals surface area (Å²) in [6.07, 6.45) is -0.298. The van der Waals surface area contributed by atoms with E-state index in [9.17, 15) is 23.7 Å². The number of nitrogens with one attached hydrogen (secondary N) is 2. The minimum absolute atomic E-state index is 0.0762. The third-order valence-electron chi connectivity index (χ3n) is 2.33. The highest BCUT2D eigenvalue weighted by atomic mass is 32.1. The van der Waals surface area contributed by atoms with Crippen LogP contribution in [0.15, 0.2) is 0 Å². The maximum absolute atomic E-state index is 11.6. The fraction of sp³-hybridized carbons (Fsp3) is 0.600. The standard InChI is InChI=1S/C10H16FN3O6S/c11-20-8(16)3-13-9(17)6(4-21)14-7(15)2-1-5(12)10(18)19/h5-6,21H,1-4,12H2,(H,13,17)(H,14,15)(H,18,19). The van der Waals surface area contributed by atoms with Crippen LogP contribution in [0, 0.1) is 0 Å². The lowest BCUT2D eigenvalue weighted by atomic mass is 10.1. The maximum Gasteiger partial charge on any atom is 0.367 e. The number of thiol groups is 1. The minimum atomic E-state index is -1.29. The van der Waals surface area contributed by atoms with Crippen LogP contribution in [0.5, 0.6) is 0 Å². The summed E-state index contributed by atoms with van der Waals surface area (Å²) in [5.41, 5.74) is 5.22. The van der Waals surface area contributed by atoms with Gasteiger partial charge in [-0.15, -0.1) is 0 Å². The predicted molar refractivity (Wildman–Crippen MR) is 70.8 cm³/mol. The summed E-state index contributed by atoms with van der Waals surface area (Å²) in [5.74, 6) is -3.97. The maximum atomic E-state index is 11.6. The molecule has 0 saturated heterocycles. The molecule has 0 spiro atoms. The molecule has 2 amide bonds. The Morgan fingerprint density at radius 1 is 1.33 bits per heavy atom. The van der Waals surface area contributed by atoms with Crippen LogP contribution < -0.4 is 16.4 Å². The summed E-state index contributed by atoms with van der Waals surface area (Å²) >= 11 is 3.85. The second-order valence-electron chi connectivity index (χ2n) is 3.95. The second-order valence-corrected chi connectivity index (χ2v) is 4.32. The van der Waals surface area contributed by atoms with Crippen molar-refractivity contribution in [2.45, 2.75) is 24.9 Å². The van der Waals surface area contributed by atoms with Gasteiger partial charge in [-0.3, -0.25) is 19.3 Å². The largest absolute Gasteiger partial charge is 0.480 e. The molecule has 11 heteroatoms. The fourth-order valence-electron chi connectivity index (χ4n) is 1.18. The van der Waals surface area contributed by atoms with E-state index in [-0.39, 0.29) is 18.6 Å². The number of hydrogen-bond donors (Lipinski definition) is 5. The summed E-state index contributed by atoms with van der Waals surface area (Å²) in [6, 6.07) is -2.24. The van der Waals surface area contributed by atoms with Crippen molar-refractivity contribution in [1.29, 1.82) is 0 Å². The molecule has 21 heavy (non-hydrogen) atoms. The third-order valence-corrected chi connectivity index (χ3v) is 2.69. The quantitative estimate of drug-likeness (QED) is 0.312. The number of hydrogen-bond acceptors (Lipinski definition) is 7. The first-order chi connectivity index (χ1) is 9.81. The van der Waals surface area contributed by atoms with Crippen LogP contribution in [0.2, 0.25) is 0 Å². The zero-order chi connectivity index (χ0) is 16.4. The fourth-order valence-corrected chi connectivity index (χ4v) is 1.44. The summed E-state index contributed by atoms with van der Waals surface area (Å²) in [6.45, 7) is -0.695. The highest BCUT2D eigenvalue weighted by Gasteiger charge is 2.21. The van der Waals surface area contributed by atoms with E-state index in [0.717, 1.165) is 0 Å². The molecular formula is C10H16FN3O6S. The molecule has 0 saturated carbocycles. The molecule has 0 rings (SSSR count). The van der Waals surface area contributed by atoms with Crippen molar-refractivity contribution >= 4 is 36.4 Å². The SMILES string of the molecule is NC(CCC(=O)NC(CS)C(=O)NCC(=O)OF)C(=O)O. The molecule has 0 heterocycles. The highest BCUT2D eigenvalue weighted by molar-refractivity contribution is 7.80. The first kappa shape index (κ1) is 19.1. The van der Waals surface area contributed by atoms with Gasteiger partial charge in [0.15, 0.2) is 0 Å². The van der Waals surface area contributed by atoms with E-state index in [1.165, 1.54) is 0 Å². The molecule has 0 aliphatic heterocycles. The summed E-state index contributed by atoms with van der Waals surface area (Å²) in [4.78, 5) is 46.9. The molecule has 9 nitrogen and oxygen atoms in total. The van der Waals surface area contributed by atoms with E-state index in [4.69, 9.17) is 10.8 Å². The molecule has 0 fully saturated rings. The normalized spacial score (nSPS) is 12.9. The third kappa shape index (κ3) is 8.09. The van der Waals surface area contributed by atoms with Gasteiger partial charge in [0, 0.05) is 16.7 Å². The number of carboxylic acid groups (broad SMARTS) is 1. The van der Waals surface area contributed by atoms with Gasteiger partial charge < -0.3 is 21.5 Å². The Kier molecular flexibility index (Phi) is 9.05. The number of carbonyl (C=O) groups excluding carboxylic acids is 3. The van der Waals surface area contributed by atoms with Crippen molar-refractivity contribution in [3.63, 3.8) is 0 Å². The monoisotopic (exact) mass is 325 g/mol. The number of carbonyl (C=O) groups is 4. The van der Waals surface area contributed by atoms with E-state index in [0.29, 0.717) is 0 Å². The van der Waals surface area contributed by atoms with Crippen molar-refractivity contribution in [3.8, 4) is 0 Å². The first-order valence-corrected chi connectivity index (χ1v) is 6.42. The number of amides is 2. The summed E-state index contributed by atoms with van der Waals surface area (Å²) < 4.78 is 11.4. The van der Waals surface area contributed by atoms with Crippen LogP contribution >= 0.6 is 12.6 Å². The van der Waals surface area contributed by atoms with Crippen LogP contribution in [0.25, 0.3) is 0 Å². The molecule has 0 aromatic rings. The highest BCUT2D eigenvalue weighted by Crippen LogP contribution is 1.97. The first-order valence-electron chi connectivity index (χ1n) is 5.79. The number of nitrogens with two attached hydrogens (primary N) is 1. The Morgan fingerprint density at radius 2 is 1.95 bits per heavy atom. The van der Waals surface area contributed by atoms with Crippen molar-refractivity contribution in [1.82, 2.24) is 10.6 Å². The van der Waals surface area contributed by atoms with Crippen molar-refractivity contribution in [2.75, 3.05) is 12.3 Å². The molecule has 120 valence electrons. The van der Waals surface area contributed by atoms with Gasteiger partial charge in [-0.05, 0) is 6.42 Å². The van der Waals surface area contributed by atoms with Gasteiger partial charge in [-0.25, -0.2) is 4.79 Å². The second kappa shape index (κ2) is 9.94. The number of carboxylic acids is 1. The average Bonchev–Trinajstić information content (AvgIpc) is 2.46. The lowest BCUT2D eigenvalue weighted by molar-refractivity contribution is -0.182. The Bertz CT molecular complexity index is 408. The molecule has 2 unspecified atom stereocenters. The topological polar surface area (TPSA) is 148 Å². The van der Waals surface area contributed by atoms with Crippen molar-refractivity contribution in [3.05, 3.63) is 0 Å². The zero-order valence-electron chi connectivity index (χ0n) is 10.9. The van der Waals surface area contributed by atoms with Crippen LogP contribution in [0.4, 0.5) is 4.53 Å². The molecular weight excluding hydrogens is 309 g/mol. The summed E-state index contributed by atoms with van der Waals surface area (Å²) in [7, 11) is 0. The molecule has 5 N–H and O–H groups in total. The van der Waals surface area contributed by atoms with Gasteiger partial charge in [0.25, 0.3) is 0 Å². The van der Waals surface area contributed by atoms with Gasteiger partial charge in [0.2, 0.25) is 11.8 Å². The molecule has 2 atom stereocenters. The van der Waals surface area contributed by atoms with Gasteiger partial charge >= 0.3 is 11.9 Å². The van der Waals surface area contributed by atoms with E-state index in [2.05, 4.69) is 22.9 Å². The van der Waals surface area contributed by atoms with Crippen molar-refractivity contribution < 1.29 is 33.8 Å². The molecule has 0 aromatic carbocycles. The van der Waals surface area contributed by atoms with E-state index in [1.54, 1.807) is 0 Å². The van der Waals surface area contributed by atoms with Crippen LogP contribution in [-0.4, -0.2) is 53.2 Å². The van der Waals surface area contributed by atoms with Crippen LogP contribution in [-0.2, 0) is 24.1 Å². The predicted octanol–water partition coefficient (Wildman–Crippen LogP) is -1.86. The molecule has 0 radical (unpaired) electrons. The molecule has 0 aliphatic carbocycles. The Balaban J connectivity index is 4.23. The van der Waals surface area contributed by atoms with E-state index < -0.39 is 42.4 Å². The minimum Gasteiger partial charge on any atom is -0.480 e. The van der Waals surface area contributed by atoms with E-state index in [1.807, 2.05) is 5.32 Å². The Morgan fingerprint density at radius 3 is 2.43 bits per heavy atom. The lowest BCUT2D eigenvalue weighted by Crippen LogP contribution is -2.49. The number of aliphatic carboxylic acids is 1. The van der Waals surface area contributed by atoms with Gasteiger partial charge in [0.05, 0.1) is 0 Å².